The molecule has 1 aromatic heterocycles. The monoisotopic (exact) mass is 301 g/mol. The number of carbonyl (C=O) groups excluding carboxylic acids is 1. The molecule has 2 aromatic carbocycles. The number of aromatic amines is 1. The quantitative estimate of drug-likeness (QED) is 0.573. The normalized spacial score (nSPS) is 11.2. The highest BCUT2D eigenvalue weighted by atomic mass is 16.1. The first-order valence-electron chi connectivity index (χ1n) is 7.28. The molecule has 0 aliphatic heterocycles. The van der Waals surface area contributed by atoms with Gasteiger partial charge in [-0.3, -0.25) is 4.79 Å². The van der Waals surface area contributed by atoms with Crippen LogP contribution in [0.1, 0.15) is 11.1 Å². The van der Waals surface area contributed by atoms with Crippen LogP contribution in [0.3, 0.4) is 0 Å². The summed E-state index contributed by atoms with van der Waals surface area (Å²) in [5, 5.41) is 13.0. The maximum atomic E-state index is 12.2. The molecular formula is C19H15N3O. The highest BCUT2D eigenvalue weighted by molar-refractivity contribution is 6.03. The van der Waals surface area contributed by atoms with Crippen LogP contribution in [0.15, 0.2) is 66.4 Å². The lowest BCUT2D eigenvalue weighted by atomic mass is 10.1. The van der Waals surface area contributed by atoms with Crippen LogP contribution in [-0.2, 0) is 11.3 Å². The number of fused-ring (bicyclic) bond motifs is 1. The fourth-order valence-electron chi connectivity index (χ4n) is 2.39. The zero-order chi connectivity index (χ0) is 16.1. The standard InChI is InChI=1S/C19H15N3O/c20-11-15(19(23)22-12-14-6-2-1-3-7-14)10-16-13-21-18-9-5-4-8-17(16)18/h1-10,13,21H,12H2,(H,22,23)/b15-10-. The first-order valence-corrected chi connectivity index (χ1v) is 7.28. The third-order valence-electron chi connectivity index (χ3n) is 3.58. The number of hydrogen-bond acceptors (Lipinski definition) is 2. The minimum Gasteiger partial charge on any atom is -0.361 e. The number of amides is 1. The van der Waals surface area contributed by atoms with Crippen molar-refractivity contribution in [3.63, 3.8) is 0 Å². The van der Waals surface area contributed by atoms with E-state index in [9.17, 15) is 10.1 Å². The van der Waals surface area contributed by atoms with Gasteiger partial charge in [0.05, 0.1) is 0 Å². The van der Waals surface area contributed by atoms with E-state index >= 15 is 0 Å². The summed E-state index contributed by atoms with van der Waals surface area (Å²) in [6.07, 6.45) is 3.41. The van der Waals surface area contributed by atoms with E-state index in [0.717, 1.165) is 22.0 Å². The predicted molar refractivity (Wildman–Crippen MR) is 90.2 cm³/mol. The average molecular weight is 301 g/mol. The molecule has 0 atom stereocenters. The van der Waals surface area contributed by atoms with Crippen LogP contribution in [0.4, 0.5) is 0 Å². The van der Waals surface area contributed by atoms with Crippen molar-refractivity contribution in [3.8, 4) is 6.07 Å². The molecule has 2 N–H and O–H groups in total. The molecule has 0 unspecified atom stereocenters. The van der Waals surface area contributed by atoms with Gasteiger partial charge in [-0.15, -0.1) is 0 Å². The van der Waals surface area contributed by atoms with Crippen molar-refractivity contribution in [1.29, 1.82) is 5.26 Å². The molecule has 4 heteroatoms. The van der Waals surface area contributed by atoms with Crippen molar-refractivity contribution >= 4 is 22.9 Å². The summed E-state index contributed by atoms with van der Waals surface area (Å²) < 4.78 is 0. The Kier molecular flexibility index (Phi) is 4.21. The number of para-hydroxylation sites is 1. The van der Waals surface area contributed by atoms with Crippen LogP contribution in [-0.4, -0.2) is 10.9 Å². The first kappa shape index (κ1) is 14.6. The van der Waals surface area contributed by atoms with Crippen LogP contribution in [0.25, 0.3) is 17.0 Å². The van der Waals surface area contributed by atoms with Gasteiger partial charge in [-0.25, -0.2) is 0 Å². The molecule has 112 valence electrons. The summed E-state index contributed by atoms with van der Waals surface area (Å²) in [6.45, 7) is 0.395. The molecule has 0 radical (unpaired) electrons. The Balaban J connectivity index is 1.79. The third-order valence-corrected chi connectivity index (χ3v) is 3.58. The van der Waals surface area contributed by atoms with E-state index in [4.69, 9.17) is 0 Å². The smallest absolute Gasteiger partial charge is 0.262 e. The number of carbonyl (C=O) groups is 1. The van der Waals surface area contributed by atoms with Crippen LogP contribution in [0, 0.1) is 11.3 Å². The molecule has 0 spiro atoms. The number of nitriles is 1. The van der Waals surface area contributed by atoms with Crippen LogP contribution in [0.2, 0.25) is 0 Å². The van der Waals surface area contributed by atoms with E-state index in [-0.39, 0.29) is 11.5 Å². The van der Waals surface area contributed by atoms with E-state index in [2.05, 4.69) is 10.3 Å². The third kappa shape index (κ3) is 3.30. The Labute approximate surface area is 134 Å². The van der Waals surface area contributed by atoms with Gasteiger partial charge in [0.15, 0.2) is 0 Å². The van der Waals surface area contributed by atoms with Crippen molar-refractivity contribution in [3.05, 3.63) is 77.5 Å². The fourth-order valence-corrected chi connectivity index (χ4v) is 2.39. The van der Waals surface area contributed by atoms with Crippen molar-refractivity contribution in [2.24, 2.45) is 0 Å². The molecule has 0 bridgehead atoms. The molecule has 0 saturated heterocycles. The summed E-state index contributed by atoms with van der Waals surface area (Å²) in [7, 11) is 0. The van der Waals surface area contributed by atoms with Gasteiger partial charge < -0.3 is 10.3 Å². The summed E-state index contributed by atoms with van der Waals surface area (Å²) >= 11 is 0. The van der Waals surface area contributed by atoms with E-state index in [1.807, 2.05) is 60.7 Å². The van der Waals surface area contributed by atoms with Crippen LogP contribution >= 0.6 is 0 Å². The average Bonchev–Trinajstić information content (AvgIpc) is 3.01. The Morgan fingerprint density at radius 3 is 2.65 bits per heavy atom. The number of aromatic nitrogens is 1. The molecule has 1 heterocycles. The van der Waals surface area contributed by atoms with Gasteiger partial charge >= 0.3 is 0 Å². The summed E-state index contributed by atoms with van der Waals surface area (Å²) in [6, 6.07) is 19.3. The number of hydrogen-bond donors (Lipinski definition) is 2. The lowest BCUT2D eigenvalue weighted by Gasteiger charge is -2.04. The Bertz CT molecular complexity index is 901. The molecule has 3 rings (SSSR count). The second-order valence-corrected chi connectivity index (χ2v) is 5.13. The van der Waals surface area contributed by atoms with Crippen molar-refractivity contribution in [1.82, 2.24) is 10.3 Å². The van der Waals surface area contributed by atoms with Crippen LogP contribution in [0.5, 0.6) is 0 Å². The van der Waals surface area contributed by atoms with Crippen molar-refractivity contribution in [2.75, 3.05) is 0 Å². The number of rotatable bonds is 4. The molecular weight excluding hydrogens is 286 g/mol. The van der Waals surface area contributed by atoms with Gasteiger partial charge in [0, 0.05) is 29.2 Å². The molecule has 1 amide bonds. The number of nitrogens with one attached hydrogen (secondary N) is 2. The molecule has 23 heavy (non-hydrogen) atoms. The Morgan fingerprint density at radius 2 is 1.87 bits per heavy atom. The second kappa shape index (κ2) is 6.63. The fraction of sp³-hybridized carbons (Fsp3) is 0.0526. The molecule has 3 aromatic rings. The highest BCUT2D eigenvalue weighted by Crippen LogP contribution is 2.20. The minimum absolute atomic E-state index is 0.0886. The number of nitrogens with zero attached hydrogens (tertiary/aromatic N) is 1. The molecule has 0 fully saturated rings. The number of H-pyrrole nitrogens is 1. The first-order chi connectivity index (χ1) is 11.3. The topological polar surface area (TPSA) is 68.7 Å². The SMILES string of the molecule is N#C/C(=C/c1c[nH]c2ccccc12)C(=O)NCc1ccccc1. The molecule has 0 saturated carbocycles. The zero-order valence-corrected chi connectivity index (χ0v) is 12.4. The molecule has 0 aliphatic carbocycles. The van der Waals surface area contributed by atoms with Gasteiger partial charge in [0.1, 0.15) is 11.6 Å². The molecule has 0 aliphatic rings. The zero-order valence-electron chi connectivity index (χ0n) is 12.4. The van der Waals surface area contributed by atoms with E-state index < -0.39 is 0 Å². The summed E-state index contributed by atoms with van der Waals surface area (Å²) in [5.41, 5.74) is 2.88. The largest absolute Gasteiger partial charge is 0.361 e. The van der Waals surface area contributed by atoms with Gasteiger partial charge in [-0.1, -0.05) is 48.5 Å². The highest BCUT2D eigenvalue weighted by Gasteiger charge is 2.10. The van der Waals surface area contributed by atoms with Gasteiger partial charge in [0.2, 0.25) is 0 Å². The second-order valence-electron chi connectivity index (χ2n) is 5.13. The number of benzene rings is 2. The maximum Gasteiger partial charge on any atom is 0.262 e. The van der Waals surface area contributed by atoms with Gasteiger partial charge in [-0.2, -0.15) is 5.26 Å². The Hall–Kier alpha value is -3.32. The van der Waals surface area contributed by atoms with E-state index in [1.165, 1.54) is 0 Å². The molecule has 4 nitrogen and oxygen atoms in total. The van der Waals surface area contributed by atoms with Crippen LogP contribution < -0.4 is 5.32 Å². The van der Waals surface area contributed by atoms with Gasteiger partial charge in [-0.05, 0) is 17.7 Å². The van der Waals surface area contributed by atoms with Crippen molar-refractivity contribution < 1.29 is 4.79 Å². The van der Waals surface area contributed by atoms with Gasteiger partial charge in [0.25, 0.3) is 5.91 Å². The summed E-state index contributed by atoms with van der Waals surface area (Å²) in [5.74, 6) is -0.373. The minimum atomic E-state index is -0.373. The van der Waals surface area contributed by atoms with E-state index in [0.29, 0.717) is 6.54 Å². The predicted octanol–water partition coefficient (Wildman–Crippen LogP) is 3.39. The maximum absolute atomic E-state index is 12.2. The Morgan fingerprint density at radius 1 is 1.13 bits per heavy atom. The van der Waals surface area contributed by atoms with E-state index in [1.54, 1.807) is 12.3 Å². The van der Waals surface area contributed by atoms with Crippen molar-refractivity contribution in [2.45, 2.75) is 6.54 Å². The lowest BCUT2D eigenvalue weighted by molar-refractivity contribution is -0.117. The summed E-state index contributed by atoms with van der Waals surface area (Å²) in [4.78, 5) is 15.3. The lowest BCUT2D eigenvalue weighted by Crippen LogP contribution is -2.23.